The van der Waals surface area contributed by atoms with Crippen LogP contribution < -0.4 is 10.8 Å². The Bertz CT molecular complexity index is 1510. The van der Waals surface area contributed by atoms with Crippen LogP contribution in [0.25, 0.3) is 11.0 Å². The molecule has 0 atom stereocenters. The summed E-state index contributed by atoms with van der Waals surface area (Å²) in [6.07, 6.45) is 1.43. The number of halogens is 2. The van der Waals surface area contributed by atoms with Gasteiger partial charge < -0.3 is 9.88 Å². The van der Waals surface area contributed by atoms with Gasteiger partial charge in [0, 0.05) is 7.05 Å². The zero-order valence-corrected chi connectivity index (χ0v) is 20.5. The van der Waals surface area contributed by atoms with E-state index in [2.05, 4.69) is 15.8 Å². The average Bonchev–Trinajstić information content (AvgIpc) is 3.21. The van der Waals surface area contributed by atoms with Gasteiger partial charge in [-0.2, -0.15) is 0 Å². The lowest BCUT2D eigenvalue weighted by Gasteiger charge is -2.15. The van der Waals surface area contributed by atoms with E-state index in [0.29, 0.717) is 16.2 Å². The highest BCUT2D eigenvalue weighted by Gasteiger charge is 2.23. The monoisotopic (exact) mass is 516 g/mol. The third kappa shape index (κ3) is 5.29. The van der Waals surface area contributed by atoms with Gasteiger partial charge >= 0.3 is 0 Å². The second kappa shape index (κ2) is 10.0. The van der Waals surface area contributed by atoms with Gasteiger partial charge in [-0.15, -0.1) is 0 Å². The van der Waals surface area contributed by atoms with Crippen LogP contribution in [0.3, 0.4) is 0 Å². The standard InChI is InChI=1S/C24H22ClFN4O4S/c1-15-8-9-19(18(25)12-15)28-22-17(13-20-23(21(22)26)27-14-30(20)2)24(31)29-34-10-11-35(32,33)16-6-4-3-5-7-16/h3-9,12-14,28H,10-11H2,1-2H3,(H,29,31). The Morgan fingerprint density at radius 1 is 1.17 bits per heavy atom. The number of sulfone groups is 1. The Morgan fingerprint density at radius 2 is 1.91 bits per heavy atom. The number of nitrogens with zero attached hydrogens (tertiary/aromatic N) is 2. The summed E-state index contributed by atoms with van der Waals surface area (Å²) in [5, 5.41) is 3.23. The molecule has 1 amide bonds. The highest BCUT2D eigenvalue weighted by atomic mass is 35.5. The van der Waals surface area contributed by atoms with Crippen LogP contribution in [0, 0.1) is 12.7 Å². The molecule has 0 radical (unpaired) electrons. The van der Waals surface area contributed by atoms with E-state index in [4.69, 9.17) is 16.4 Å². The van der Waals surface area contributed by atoms with Gasteiger partial charge in [-0.05, 0) is 42.8 Å². The number of anilines is 2. The van der Waals surface area contributed by atoms with Gasteiger partial charge in [0.05, 0.1) is 51.1 Å². The molecule has 4 rings (SSSR count). The molecule has 4 aromatic rings. The Labute approximate surface area is 206 Å². The quantitative estimate of drug-likeness (QED) is 0.263. The number of aryl methyl sites for hydroxylation is 2. The van der Waals surface area contributed by atoms with E-state index in [1.165, 1.54) is 24.5 Å². The fourth-order valence-electron chi connectivity index (χ4n) is 3.45. The van der Waals surface area contributed by atoms with Crippen molar-refractivity contribution < 1.29 is 22.4 Å². The molecule has 0 aliphatic carbocycles. The van der Waals surface area contributed by atoms with Crippen molar-refractivity contribution in [2.75, 3.05) is 17.7 Å². The molecule has 0 unspecified atom stereocenters. The van der Waals surface area contributed by atoms with Crippen molar-refractivity contribution in [1.82, 2.24) is 15.0 Å². The summed E-state index contributed by atoms with van der Waals surface area (Å²) in [5.74, 6) is -1.86. The van der Waals surface area contributed by atoms with Crippen molar-refractivity contribution in [3.63, 3.8) is 0 Å². The smallest absolute Gasteiger partial charge is 0.277 e. The molecule has 0 aliphatic heterocycles. The summed E-state index contributed by atoms with van der Waals surface area (Å²) < 4.78 is 41.8. The minimum absolute atomic E-state index is 0.0684. The van der Waals surface area contributed by atoms with Crippen LogP contribution in [-0.4, -0.2) is 36.2 Å². The lowest BCUT2D eigenvalue weighted by molar-refractivity contribution is 0.0371. The molecule has 35 heavy (non-hydrogen) atoms. The van der Waals surface area contributed by atoms with Crippen molar-refractivity contribution in [3.05, 3.63) is 82.9 Å². The van der Waals surface area contributed by atoms with Gasteiger partial charge in [-0.25, -0.2) is 23.3 Å². The van der Waals surface area contributed by atoms with Crippen LogP contribution in [0.2, 0.25) is 5.02 Å². The first-order chi connectivity index (χ1) is 16.7. The number of imidazole rings is 1. The van der Waals surface area contributed by atoms with E-state index in [-0.39, 0.29) is 34.0 Å². The van der Waals surface area contributed by atoms with Crippen LogP contribution in [-0.2, 0) is 21.7 Å². The molecule has 0 saturated heterocycles. The zero-order valence-electron chi connectivity index (χ0n) is 18.9. The predicted molar refractivity (Wildman–Crippen MR) is 132 cm³/mol. The number of carbonyl (C=O) groups is 1. The van der Waals surface area contributed by atoms with Gasteiger partial charge in [-0.3, -0.25) is 9.63 Å². The number of nitrogens with one attached hydrogen (secondary N) is 2. The molecule has 11 heteroatoms. The van der Waals surface area contributed by atoms with Crippen molar-refractivity contribution in [2.45, 2.75) is 11.8 Å². The molecule has 0 fully saturated rings. The van der Waals surface area contributed by atoms with Crippen LogP contribution in [0.1, 0.15) is 15.9 Å². The Morgan fingerprint density at radius 3 is 2.63 bits per heavy atom. The minimum Gasteiger partial charge on any atom is -0.351 e. The normalized spacial score (nSPS) is 11.5. The lowest BCUT2D eigenvalue weighted by Crippen LogP contribution is -2.27. The van der Waals surface area contributed by atoms with E-state index >= 15 is 4.39 Å². The number of hydrogen-bond donors (Lipinski definition) is 2. The van der Waals surface area contributed by atoms with Crippen molar-refractivity contribution in [2.24, 2.45) is 7.05 Å². The van der Waals surface area contributed by atoms with Crippen LogP contribution in [0.5, 0.6) is 0 Å². The SMILES string of the molecule is Cc1ccc(Nc2c(C(=O)NOCCS(=O)(=O)c3ccccc3)cc3c(ncn3C)c2F)c(Cl)c1. The third-order valence-electron chi connectivity index (χ3n) is 5.31. The third-order valence-corrected chi connectivity index (χ3v) is 7.32. The van der Waals surface area contributed by atoms with Gasteiger partial charge in [0.15, 0.2) is 15.7 Å². The molecular formula is C24H22ClFN4O4S. The molecule has 3 aromatic carbocycles. The van der Waals surface area contributed by atoms with Crippen LogP contribution in [0.4, 0.5) is 15.8 Å². The van der Waals surface area contributed by atoms with E-state index in [1.807, 2.05) is 6.92 Å². The van der Waals surface area contributed by atoms with Crippen molar-refractivity contribution in [3.8, 4) is 0 Å². The van der Waals surface area contributed by atoms with E-state index < -0.39 is 21.6 Å². The van der Waals surface area contributed by atoms with Crippen molar-refractivity contribution >= 4 is 49.8 Å². The molecule has 2 N–H and O–H groups in total. The molecule has 0 saturated carbocycles. The first kappa shape index (κ1) is 24.6. The van der Waals surface area contributed by atoms with Crippen LogP contribution in [0.15, 0.2) is 65.8 Å². The Hall–Kier alpha value is -3.47. The average molecular weight is 517 g/mol. The number of fused-ring (bicyclic) bond motifs is 1. The molecule has 1 aromatic heterocycles. The number of amides is 1. The predicted octanol–water partition coefficient (Wildman–Crippen LogP) is 4.55. The number of hydrogen-bond acceptors (Lipinski definition) is 6. The molecule has 1 heterocycles. The summed E-state index contributed by atoms with van der Waals surface area (Å²) in [7, 11) is -1.92. The van der Waals surface area contributed by atoms with E-state index in [0.717, 1.165) is 5.56 Å². The summed E-state index contributed by atoms with van der Waals surface area (Å²) >= 11 is 6.29. The summed E-state index contributed by atoms with van der Waals surface area (Å²) in [6.45, 7) is 1.57. The number of carbonyl (C=O) groups excluding carboxylic acids is 1. The Kier molecular flexibility index (Phi) is 7.06. The maximum absolute atomic E-state index is 15.5. The highest BCUT2D eigenvalue weighted by Crippen LogP contribution is 2.33. The van der Waals surface area contributed by atoms with Gasteiger partial charge in [-0.1, -0.05) is 35.9 Å². The number of rotatable bonds is 8. The van der Waals surface area contributed by atoms with Crippen molar-refractivity contribution in [1.29, 1.82) is 0 Å². The second-order valence-corrected chi connectivity index (χ2v) is 10.4. The van der Waals surface area contributed by atoms with Gasteiger partial charge in [0.1, 0.15) is 5.52 Å². The first-order valence-electron chi connectivity index (χ1n) is 10.5. The maximum atomic E-state index is 15.5. The molecular weight excluding hydrogens is 495 g/mol. The topological polar surface area (TPSA) is 102 Å². The number of benzene rings is 3. The first-order valence-corrected chi connectivity index (χ1v) is 12.6. The molecule has 0 bridgehead atoms. The molecule has 182 valence electrons. The van der Waals surface area contributed by atoms with Crippen LogP contribution >= 0.6 is 11.6 Å². The highest BCUT2D eigenvalue weighted by molar-refractivity contribution is 7.91. The largest absolute Gasteiger partial charge is 0.351 e. The molecule has 8 nitrogen and oxygen atoms in total. The van der Waals surface area contributed by atoms with Gasteiger partial charge in [0.2, 0.25) is 0 Å². The Balaban J connectivity index is 1.56. The van der Waals surface area contributed by atoms with Gasteiger partial charge in [0.25, 0.3) is 5.91 Å². The lowest BCUT2D eigenvalue weighted by atomic mass is 10.1. The summed E-state index contributed by atoms with van der Waals surface area (Å²) in [5.41, 5.74) is 3.77. The molecule has 0 aliphatic rings. The minimum atomic E-state index is -3.59. The van der Waals surface area contributed by atoms with E-state index in [1.54, 1.807) is 48.0 Å². The number of aromatic nitrogens is 2. The number of hydroxylamine groups is 1. The molecule has 0 spiro atoms. The fraction of sp³-hybridized carbons (Fsp3) is 0.167. The maximum Gasteiger partial charge on any atom is 0.277 e. The zero-order chi connectivity index (χ0) is 25.2. The summed E-state index contributed by atoms with van der Waals surface area (Å²) in [6, 6.07) is 14.5. The van der Waals surface area contributed by atoms with E-state index in [9.17, 15) is 13.2 Å². The summed E-state index contributed by atoms with van der Waals surface area (Å²) in [4.78, 5) is 22.3. The second-order valence-electron chi connectivity index (χ2n) is 7.86. The fourth-order valence-corrected chi connectivity index (χ4v) is 4.84.